The van der Waals surface area contributed by atoms with Crippen molar-refractivity contribution in [3.8, 4) is 0 Å². The molecular weight excluding hydrogens is 300 g/mol. The Morgan fingerprint density at radius 2 is 1.92 bits per heavy atom. The van der Waals surface area contributed by atoms with Crippen molar-refractivity contribution in [3.63, 3.8) is 0 Å². The van der Waals surface area contributed by atoms with Crippen LogP contribution in [0.25, 0.3) is 0 Å². The molecule has 2 aliphatic rings. The molecule has 1 amide bonds. The molecule has 0 aromatic carbocycles. The lowest BCUT2D eigenvalue weighted by Gasteiger charge is -2.27. The minimum Gasteiger partial charge on any atom is -0.357 e. The predicted molar refractivity (Wildman–Crippen MR) is 97.5 cm³/mol. The van der Waals surface area contributed by atoms with Crippen LogP contribution in [0.4, 0.5) is 5.82 Å². The molecule has 0 saturated carbocycles. The average molecular weight is 330 g/mol. The lowest BCUT2D eigenvalue weighted by atomic mass is 10.1. The number of hydrogen-bond acceptors (Lipinski definition) is 4. The zero-order valence-electron chi connectivity index (χ0n) is 14.8. The second-order valence-corrected chi connectivity index (χ2v) is 7.06. The third-order valence-corrected chi connectivity index (χ3v) is 5.34. The summed E-state index contributed by atoms with van der Waals surface area (Å²) in [6, 6.07) is 4.29. The fraction of sp³-hybridized carbons (Fsp3) is 0.684. The Labute approximate surface area is 145 Å². The van der Waals surface area contributed by atoms with Gasteiger partial charge < -0.3 is 15.1 Å². The maximum Gasteiger partial charge on any atom is 0.255 e. The Kier molecular flexibility index (Phi) is 6.07. The van der Waals surface area contributed by atoms with Crippen molar-refractivity contribution in [2.45, 2.75) is 51.0 Å². The number of nitrogens with zero attached hydrogens (tertiary/aromatic N) is 3. The normalized spacial score (nSPS) is 22.5. The van der Waals surface area contributed by atoms with Gasteiger partial charge in [-0.05, 0) is 57.3 Å². The van der Waals surface area contributed by atoms with Gasteiger partial charge in [-0.2, -0.15) is 0 Å². The van der Waals surface area contributed by atoms with Gasteiger partial charge in [-0.3, -0.25) is 4.79 Å². The first-order chi connectivity index (χ1) is 11.8. The first kappa shape index (κ1) is 17.2. The molecule has 0 bridgehead atoms. The summed E-state index contributed by atoms with van der Waals surface area (Å²) < 4.78 is 0. The zero-order chi connectivity index (χ0) is 16.8. The minimum absolute atomic E-state index is 0.0943. The molecule has 2 fully saturated rings. The Bertz CT molecular complexity index is 515. The lowest BCUT2D eigenvalue weighted by Crippen LogP contribution is -2.37. The third-order valence-electron chi connectivity index (χ3n) is 5.34. The van der Waals surface area contributed by atoms with Crippen LogP contribution < -0.4 is 10.2 Å². The van der Waals surface area contributed by atoms with Crippen LogP contribution in [0.1, 0.15) is 55.3 Å². The largest absolute Gasteiger partial charge is 0.357 e. The van der Waals surface area contributed by atoms with Crippen LogP contribution in [0.3, 0.4) is 0 Å². The van der Waals surface area contributed by atoms with E-state index in [9.17, 15) is 4.79 Å². The van der Waals surface area contributed by atoms with E-state index < -0.39 is 0 Å². The van der Waals surface area contributed by atoms with Gasteiger partial charge in [0.05, 0.1) is 5.56 Å². The monoisotopic (exact) mass is 330 g/mol. The molecule has 132 valence electrons. The number of aromatic nitrogens is 1. The van der Waals surface area contributed by atoms with Crippen LogP contribution in [-0.2, 0) is 0 Å². The molecule has 1 atom stereocenters. The van der Waals surface area contributed by atoms with E-state index in [4.69, 9.17) is 0 Å². The summed E-state index contributed by atoms with van der Waals surface area (Å²) in [5.74, 6) is 1.10. The minimum atomic E-state index is 0.0943. The molecule has 0 radical (unpaired) electrons. The van der Waals surface area contributed by atoms with Crippen LogP contribution in [0.2, 0.25) is 0 Å². The predicted octanol–water partition coefficient (Wildman–Crippen LogP) is 2.68. The Morgan fingerprint density at radius 3 is 2.62 bits per heavy atom. The second-order valence-electron chi connectivity index (χ2n) is 7.06. The highest BCUT2D eigenvalue weighted by molar-refractivity contribution is 5.94. The lowest BCUT2D eigenvalue weighted by molar-refractivity contribution is 0.0720. The first-order valence-corrected chi connectivity index (χ1v) is 9.44. The standard InChI is InChI=1S/C19H30N4O/c1-22(17-7-6-11-20-12-10-17)19(24)16-8-9-18(21-15-16)23-13-4-2-3-5-14-23/h8-9,15,17,20H,2-7,10-14H2,1H3. The van der Waals surface area contributed by atoms with Gasteiger partial charge in [-0.1, -0.05) is 12.8 Å². The fourth-order valence-electron chi connectivity index (χ4n) is 3.76. The van der Waals surface area contributed by atoms with Gasteiger partial charge in [0.1, 0.15) is 5.82 Å². The Balaban J connectivity index is 1.64. The summed E-state index contributed by atoms with van der Waals surface area (Å²) >= 11 is 0. The average Bonchev–Trinajstić information content (AvgIpc) is 3.06. The number of amides is 1. The summed E-state index contributed by atoms with van der Waals surface area (Å²) in [4.78, 5) is 21.6. The molecule has 24 heavy (non-hydrogen) atoms. The SMILES string of the molecule is CN(C(=O)c1ccc(N2CCCCCC2)nc1)C1CCCNCC1. The van der Waals surface area contributed by atoms with E-state index >= 15 is 0 Å². The number of anilines is 1. The molecule has 3 heterocycles. The highest BCUT2D eigenvalue weighted by Crippen LogP contribution is 2.19. The van der Waals surface area contributed by atoms with E-state index in [-0.39, 0.29) is 5.91 Å². The fourth-order valence-corrected chi connectivity index (χ4v) is 3.76. The topological polar surface area (TPSA) is 48.5 Å². The number of carbonyl (C=O) groups is 1. The Morgan fingerprint density at radius 1 is 1.12 bits per heavy atom. The smallest absolute Gasteiger partial charge is 0.255 e. The quantitative estimate of drug-likeness (QED) is 0.926. The van der Waals surface area contributed by atoms with E-state index in [1.54, 1.807) is 6.20 Å². The molecule has 0 spiro atoms. The zero-order valence-corrected chi connectivity index (χ0v) is 14.8. The number of carbonyl (C=O) groups excluding carboxylic acids is 1. The highest BCUT2D eigenvalue weighted by Gasteiger charge is 2.22. The third kappa shape index (κ3) is 4.26. The molecule has 1 N–H and O–H groups in total. The van der Waals surface area contributed by atoms with Gasteiger partial charge in [-0.15, -0.1) is 0 Å². The van der Waals surface area contributed by atoms with E-state index in [1.165, 1.54) is 25.7 Å². The van der Waals surface area contributed by atoms with Crippen molar-refractivity contribution >= 4 is 11.7 Å². The van der Waals surface area contributed by atoms with Crippen LogP contribution in [0.5, 0.6) is 0 Å². The molecule has 2 aliphatic heterocycles. The molecule has 2 saturated heterocycles. The second kappa shape index (κ2) is 8.47. The summed E-state index contributed by atoms with van der Waals surface area (Å²) in [7, 11) is 1.93. The molecule has 5 heteroatoms. The molecule has 5 nitrogen and oxygen atoms in total. The van der Waals surface area contributed by atoms with Gasteiger partial charge in [0.2, 0.25) is 0 Å². The summed E-state index contributed by atoms with van der Waals surface area (Å²) in [6.07, 6.45) is 10.1. The molecule has 0 aliphatic carbocycles. The van der Waals surface area contributed by atoms with Gasteiger partial charge in [-0.25, -0.2) is 4.98 Å². The van der Waals surface area contributed by atoms with Gasteiger partial charge in [0.15, 0.2) is 0 Å². The first-order valence-electron chi connectivity index (χ1n) is 9.44. The molecule has 1 aromatic rings. The van der Waals surface area contributed by atoms with E-state index in [0.717, 1.165) is 51.3 Å². The van der Waals surface area contributed by atoms with Crippen LogP contribution >= 0.6 is 0 Å². The van der Waals surface area contributed by atoms with Gasteiger partial charge in [0.25, 0.3) is 5.91 Å². The summed E-state index contributed by atoms with van der Waals surface area (Å²) in [5, 5.41) is 3.40. The molecule has 3 rings (SSSR count). The van der Waals surface area contributed by atoms with Crippen molar-refractivity contribution in [2.24, 2.45) is 0 Å². The van der Waals surface area contributed by atoms with Crippen molar-refractivity contribution < 1.29 is 4.79 Å². The van der Waals surface area contributed by atoms with Gasteiger partial charge in [0, 0.05) is 32.4 Å². The van der Waals surface area contributed by atoms with Crippen molar-refractivity contribution in [1.29, 1.82) is 0 Å². The van der Waals surface area contributed by atoms with E-state index in [0.29, 0.717) is 11.6 Å². The van der Waals surface area contributed by atoms with E-state index in [2.05, 4.69) is 15.2 Å². The van der Waals surface area contributed by atoms with Crippen LogP contribution in [-0.4, -0.2) is 55.1 Å². The summed E-state index contributed by atoms with van der Waals surface area (Å²) in [5.41, 5.74) is 0.702. The van der Waals surface area contributed by atoms with Crippen molar-refractivity contribution in [1.82, 2.24) is 15.2 Å². The molecule has 1 aromatic heterocycles. The van der Waals surface area contributed by atoms with Gasteiger partial charge >= 0.3 is 0 Å². The maximum absolute atomic E-state index is 12.8. The maximum atomic E-state index is 12.8. The van der Waals surface area contributed by atoms with Crippen molar-refractivity contribution in [3.05, 3.63) is 23.9 Å². The molecular formula is C19H30N4O. The van der Waals surface area contributed by atoms with E-state index in [1.807, 2.05) is 24.1 Å². The number of hydrogen-bond donors (Lipinski definition) is 1. The van der Waals surface area contributed by atoms with Crippen LogP contribution in [0.15, 0.2) is 18.3 Å². The summed E-state index contributed by atoms with van der Waals surface area (Å²) in [6.45, 7) is 4.21. The number of rotatable bonds is 3. The Hall–Kier alpha value is -1.62. The van der Waals surface area contributed by atoms with Crippen LogP contribution in [0, 0.1) is 0 Å². The number of nitrogens with one attached hydrogen (secondary N) is 1. The molecule has 1 unspecified atom stereocenters. The van der Waals surface area contributed by atoms with Crippen molar-refractivity contribution in [2.75, 3.05) is 38.1 Å². The highest BCUT2D eigenvalue weighted by atomic mass is 16.2. The number of pyridine rings is 1.